The number of aliphatic hydroxyl groups is 1. The van der Waals surface area contributed by atoms with Crippen LogP contribution in [0.5, 0.6) is 0 Å². The molecule has 1 aliphatic heterocycles. The first-order valence-corrected chi connectivity index (χ1v) is 7.95. The van der Waals surface area contributed by atoms with E-state index in [1.807, 2.05) is 11.8 Å². The second-order valence-electron chi connectivity index (χ2n) is 5.77. The van der Waals surface area contributed by atoms with Gasteiger partial charge in [-0.05, 0) is 35.6 Å². The van der Waals surface area contributed by atoms with E-state index < -0.39 is 5.60 Å². The molecular formula is C15H21NOS. The van der Waals surface area contributed by atoms with Crippen molar-refractivity contribution in [2.45, 2.75) is 31.4 Å². The second-order valence-corrected chi connectivity index (χ2v) is 6.87. The van der Waals surface area contributed by atoms with Gasteiger partial charge in [0.15, 0.2) is 0 Å². The molecule has 0 amide bonds. The Morgan fingerprint density at radius 3 is 3.06 bits per heavy atom. The maximum Gasteiger partial charge on any atom is 0.0869 e. The summed E-state index contributed by atoms with van der Waals surface area (Å²) in [6.07, 6.45) is 2.08. The lowest BCUT2D eigenvalue weighted by atomic mass is 9.99. The molecule has 1 saturated heterocycles. The zero-order valence-electron chi connectivity index (χ0n) is 10.9. The molecule has 1 aromatic carbocycles. The molecular weight excluding hydrogens is 242 g/mol. The van der Waals surface area contributed by atoms with E-state index in [9.17, 15) is 5.11 Å². The third-order valence-electron chi connectivity index (χ3n) is 4.23. The largest absolute Gasteiger partial charge is 0.388 e. The van der Waals surface area contributed by atoms with Crippen molar-refractivity contribution in [3.05, 3.63) is 35.4 Å². The van der Waals surface area contributed by atoms with Crippen molar-refractivity contribution >= 4 is 11.8 Å². The van der Waals surface area contributed by atoms with Crippen LogP contribution >= 0.6 is 11.8 Å². The standard InChI is InChI=1S/C15H21NOS/c1-11-8-12-4-2-3-5-13(12)14(11)16-9-15(17)6-7-18-10-15/h2-5,11,14,16-17H,6-10H2,1H3. The Hall–Kier alpha value is -0.510. The minimum absolute atomic E-state index is 0.413. The molecule has 1 fully saturated rings. The highest BCUT2D eigenvalue weighted by molar-refractivity contribution is 7.99. The summed E-state index contributed by atoms with van der Waals surface area (Å²) >= 11 is 1.86. The van der Waals surface area contributed by atoms with Crippen LogP contribution < -0.4 is 5.32 Å². The van der Waals surface area contributed by atoms with Gasteiger partial charge >= 0.3 is 0 Å². The normalized spacial score (nSPS) is 34.8. The fraction of sp³-hybridized carbons (Fsp3) is 0.600. The van der Waals surface area contributed by atoms with Crippen LogP contribution in [-0.2, 0) is 6.42 Å². The number of hydrogen-bond acceptors (Lipinski definition) is 3. The number of rotatable bonds is 3. The lowest BCUT2D eigenvalue weighted by Crippen LogP contribution is -2.42. The molecule has 2 nitrogen and oxygen atoms in total. The van der Waals surface area contributed by atoms with Gasteiger partial charge in [-0.15, -0.1) is 0 Å². The van der Waals surface area contributed by atoms with Gasteiger partial charge in [0.1, 0.15) is 0 Å². The van der Waals surface area contributed by atoms with E-state index in [0.29, 0.717) is 12.0 Å². The first kappa shape index (κ1) is 12.5. The van der Waals surface area contributed by atoms with Crippen LogP contribution in [0.1, 0.15) is 30.5 Å². The molecule has 1 aromatic rings. The van der Waals surface area contributed by atoms with Crippen LogP contribution in [0.15, 0.2) is 24.3 Å². The summed E-state index contributed by atoms with van der Waals surface area (Å²) in [4.78, 5) is 0. The Morgan fingerprint density at radius 2 is 2.28 bits per heavy atom. The van der Waals surface area contributed by atoms with Crippen LogP contribution in [0.2, 0.25) is 0 Å². The Labute approximate surface area is 113 Å². The predicted octanol–water partition coefficient (Wildman–Crippen LogP) is 2.38. The SMILES string of the molecule is CC1Cc2ccccc2C1NCC1(O)CCSC1. The molecule has 0 radical (unpaired) electrons. The highest BCUT2D eigenvalue weighted by Crippen LogP contribution is 2.36. The summed E-state index contributed by atoms with van der Waals surface area (Å²) in [6, 6.07) is 9.11. The second kappa shape index (κ2) is 4.87. The van der Waals surface area contributed by atoms with Crippen molar-refractivity contribution in [1.82, 2.24) is 5.32 Å². The molecule has 18 heavy (non-hydrogen) atoms. The third kappa shape index (κ3) is 2.31. The first-order chi connectivity index (χ1) is 8.68. The van der Waals surface area contributed by atoms with Crippen molar-refractivity contribution in [2.75, 3.05) is 18.1 Å². The van der Waals surface area contributed by atoms with Crippen molar-refractivity contribution in [3.63, 3.8) is 0 Å². The smallest absolute Gasteiger partial charge is 0.0869 e. The topological polar surface area (TPSA) is 32.3 Å². The van der Waals surface area contributed by atoms with Crippen LogP contribution in [0.3, 0.4) is 0 Å². The molecule has 1 heterocycles. The summed E-state index contributed by atoms with van der Waals surface area (Å²) in [7, 11) is 0. The van der Waals surface area contributed by atoms with Gasteiger partial charge in [-0.1, -0.05) is 31.2 Å². The molecule has 0 aromatic heterocycles. The number of thioether (sulfide) groups is 1. The van der Waals surface area contributed by atoms with Crippen LogP contribution in [-0.4, -0.2) is 28.8 Å². The summed E-state index contributed by atoms with van der Waals surface area (Å²) in [5, 5.41) is 14.0. The highest BCUT2D eigenvalue weighted by Gasteiger charge is 2.35. The maximum absolute atomic E-state index is 10.4. The molecule has 2 N–H and O–H groups in total. The Balaban J connectivity index is 1.69. The van der Waals surface area contributed by atoms with Gasteiger partial charge in [0, 0.05) is 18.3 Å². The summed E-state index contributed by atoms with van der Waals surface area (Å²) < 4.78 is 0. The quantitative estimate of drug-likeness (QED) is 0.878. The molecule has 2 aliphatic rings. The van der Waals surface area contributed by atoms with Crippen molar-refractivity contribution in [1.29, 1.82) is 0 Å². The zero-order chi connectivity index (χ0) is 12.6. The fourth-order valence-electron chi connectivity index (χ4n) is 3.14. The maximum atomic E-state index is 10.4. The van der Waals surface area contributed by atoms with Gasteiger partial charge in [-0.3, -0.25) is 0 Å². The lowest BCUT2D eigenvalue weighted by Gasteiger charge is -2.26. The Morgan fingerprint density at radius 1 is 1.44 bits per heavy atom. The fourth-order valence-corrected chi connectivity index (χ4v) is 4.44. The predicted molar refractivity (Wildman–Crippen MR) is 76.9 cm³/mol. The molecule has 0 bridgehead atoms. The Kier molecular flexibility index (Phi) is 3.39. The van der Waals surface area contributed by atoms with E-state index in [-0.39, 0.29) is 0 Å². The summed E-state index contributed by atoms with van der Waals surface area (Å²) in [5.74, 6) is 2.60. The zero-order valence-corrected chi connectivity index (χ0v) is 11.7. The van der Waals surface area contributed by atoms with Gasteiger partial charge in [0.05, 0.1) is 5.60 Å². The molecule has 1 aliphatic carbocycles. The van der Waals surface area contributed by atoms with Crippen LogP contribution in [0.4, 0.5) is 0 Å². The van der Waals surface area contributed by atoms with Gasteiger partial charge in [0.25, 0.3) is 0 Å². The van der Waals surface area contributed by atoms with Crippen molar-refractivity contribution < 1.29 is 5.11 Å². The Bertz CT molecular complexity index is 428. The van der Waals surface area contributed by atoms with E-state index in [1.165, 1.54) is 11.1 Å². The van der Waals surface area contributed by atoms with Gasteiger partial charge in [0.2, 0.25) is 0 Å². The number of nitrogens with one attached hydrogen (secondary N) is 1. The van der Waals surface area contributed by atoms with E-state index in [0.717, 1.165) is 30.9 Å². The summed E-state index contributed by atoms with van der Waals surface area (Å²) in [5.41, 5.74) is 2.41. The first-order valence-electron chi connectivity index (χ1n) is 6.79. The number of hydrogen-bond donors (Lipinski definition) is 2. The van der Waals surface area contributed by atoms with Gasteiger partial charge < -0.3 is 10.4 Å². The minimum Gasteiger partial charge on any atom is -0.388 e. The average Bonchev–Trinajstić information content (AvgIpc) is 2.91. The van der Waals surface area contributed by atoms with E-state index in [1.54, 1.807) is 0 Å². The third-order valence-corrected chi connectivity index (χ3v) is 5.47. The molecule has 3 heteroatoms. The number of fused-ring (bicyclic) bond motifs is 1. The molecule has 0 saturated carbocycles. The molecule has 3 atom stereocenters. The van der Waals surface area contributed by atoms with E-state index in [4.69, 9.17) is 0 Å². The van der Waals surface area contributed by atoms with Gasteiger partial charge in [-0.2, -0.15) is 11.8 Å². The molecule has 0 spiro atoms. The number of benzene rings is 1. The van der Waals surface area contributed by atoms with Gasteiger partial charge in [-0.25, -0.2) is 0 Å². The lowest BCUT2D eigenvalue weighted by molar-refractivity contribution is 0.0629. The van der Waals surface area contributed by atoms with Crippen molar-refractivity contribution in [2.24, 2.45) is 5.92 Å². The van der Waals surface area contributed by atoms with E-state index >= 15 is 0 Å². The van der Waals surface area contributed by atoms with Crippen molar-refractivity contribution in [3.8, 4) is 0 Å². The highest BCUT2D eigenvalue weighted by atomic mass is 32.2. The molecule has 3 unspecified atom stereocenters. The summed E-state index contributed by atoms with van der Waals surface area (Å²) in [6.45, 7) is 3.02. The van der Waals surface area contributed by atoms with E-state index in [2.05, 4.69) is 36.5 Å². The molecule has 98 valence electrons. The molecule has 3 rings (SSSR count). The minimum atomic E-state index is -0.484. The monoisotopic (exact) mass is 263 g/mol. The van der Waals surface area contributed by atoms with Crippen LogP contribution in [0.25, 0.3) is 0 Å². The average molecular weight is 263 g/mol. The van der Waals surface area contributed by atoms with Crippen LogP contribution in [0, 0.1) is 5.92 Å².